The Kier molecular flexibility index (Phi) is 4.32. The van der Waals surface area contributed by atoms with Crippen LogP contribution in [0.15, 0.2) is 48.5 Å². The van der Waals surface area contributed by atoms with Gasteiger partial charge in [-0.25, -0.2) is 4.39 Å². The molecule has 0 radical (unpaired) electrons. The molecule has 0 fully saturated rings. The molecule has 104 valence electrons. The molecule has 0 amide bonds. The van der Waals surface area contributed by atoms with Gasteiger partial charge in [0.15, 0.2) is 0 Å². The highest BCUT2D eigenvalue weighted by Gasteiger charge is 2.13. The van der Waals surface area contributed by atoms with Crippen LogP contribution in [-0.4, -0.2) is 11.1 Å². The van der Waals surface area contributed by atoms with E-state index in [4.69, 9.17) is 15.6 Å². The lowest BCUT2D eigenvalue weighted by Gasteiger charge is -2.10. The van der Waals surface area contributed by atoms with E-state index in [0.717, 1.165) is 0 Å². The second-order valence-corrected chi connectivity index (χ2v) is 4.27. The Labute approximate surface area is 115 Å². The Morgan fingerprint density at radius 3 is 2.45 bits per heavy atom. The Balaban J connectivity index is 2.01. The summed E-state index contributed by atoms with van der Waals surface area (Å²) in [7, 11) is 0. The van der Waals surface area contributed by atoms with Crippen molar-refractivity contribution in [2.75, 3.05) is 0 Å². The first kappa shape index (κ1) is 14.0. The lowest BCUT2D eigenvalue weighted by Crippen LogP contribution is -2.20. The van der Waals surface area contributed by atoms with Crippen molar-refractivity contribution in [3.8, 4) is 5.75 Å². The summed E-state index contributed by atoms with van der Waals surface area (Å²) < 4.78 is 18.8. The second kappa shape index (κ2) is 6.16. The molecule has 0 aliphatic carbocycles. The van der Waals surface area contributed by atoms with Crippen LogP contribution in [0.25, 0.3) is 0 Å². The molecule has 0 spiro atoms. The predicted molar refractivity (Wildman–Crippen MR) is 71.7 cm³/mol. The van der Waals surface area contributed by atoms with E-state index in [-0.39, 0.29) is 12.4 Å². The van der Waals surface area contributed by atoms with Crippen LogP contribution in [-0.2, 0) is 11.4 Å². The molecule has 0 aliphatic heterocycles. The van der Waals surface area contributed by atoms with Crippen molar-refractivity contribution >= 4 is 5.97 Å². The Bertz CT molecular complexity index is 598. The number of hydrogen-bond acceptors (Lipinski definition) is 3. The van der Waals surface area contributed by atoms with E-state index < -0.39 is 12.0 Å². The summed E-state index contributed by atoms with van der Waals surface area (Å²) in [5.74, 6) is -0.892. The summed E-state index contributed by atoms with van der Waals surface area (Å²) in [6.45, 7) is 0.108. The molecule has 0 aliphatic rings. The highest BCUT2D eigenvalue weighted by Crippen LogP contribution is 2.18. The quantitative estimate of drug-likeness (QED) is 0.879. The van der Waals surface area contributed by atoms with Crippen LogP contribution in [0.2, 0.25) is 0 Å². The van der Waals surface area contributed by atoms with Gasteiger partial charge in [0, 0.05) is 5.56 Å². The molecule has 4 nitrogen and oxygen atoms in total. The van der Waals surface area contributed by atoms with Crippen LogP contribution in [0.1, 0.15) is 17.2 Å². The second-order valence-electron chi connectivity index (χ2n) is 4.27. The molecule has 20 heavy (non-hydrogen) atoms. The van der Waals surface area contributed by atoms with Gasteiger partial charge in [-0.05, 0) is 23.8 Å². The zero-order valence-electron chi connectivity index (χ0n) is 10.6. The van der Waals surface area contributed by atoms with E-state index in [1.165, 1.54) is 6.07 Å². The normalized spacial score (nSPS) is 11.9. The van der Waals surface area contributed by atoms with Crippen molar-refractivity contribution in [2.45, 2.75) is 12.6 Å². The van der Waals surface area contributed by atoms with Gasteiger partial charge in [-0.2, -0.15) is 0 Å². The van der Waals surface area contributed by atoms with Crippen LogP contribution in [0, 0.1) is 5.82 Å². The zero-order valence-corrected chi connectivity index (χ0v) is 10.6. The van der Waals surface area contributed by atoms with Crippen LogP contribution in [0.5, 0.6) is 5.75 Å². The van der Waals surface area contributed by atoms with Gasteiger partial charge < -0.3 is 15.6 Å². The van der Waals surface area contributed by atoms with Crippen molar-refractivity contribution < 1.29 is 19.0 Å². The third-order valence-electron chi connectivity index (χ3n) is 2.86. The molecule has 2 rings (SSSR count). The number of halogens is 1. The van der Waals surface area contributed by atoms with Crippen molar-refractivity contribution in [1.82, 2.24) is 0 Å². The van der Waals surface area contributed by atoms with Crippen molar-refractivity contribution in [3.63, 3.8) is 0 Å². The number of ether oxygens (including phenoxy) is 1. The van der Waals surface area contributed by atoms with Gasteiger partial charge in [0.1, 0.15) is 24.2 Å². The minimum Gasteiger partial charge on any atom is -0.489 e. The molecule has 0 saturated heterocycles. The van der Waals surface area contributed by atoms with E-state index in [1.54, 1.807) is 42.5 Å². The van der Waals surface area contributed by atoms with Gasteiger partial charge in [0.25, 0.3) is 0 Å². The van der Waals surface area contributed by atoms with Gasteiger partial charge in [-0.1, -0.05) is 30.3 Å². The number of hydrogen-bond donors (Lipinski definition) is 2. The molecule has 3 N–H and O–H groups in total. The van der Waals surface area contributed by atoms with Crippen LogP contribution >= 0.6 is 0 Å². The lowest BCUT2D eigenvalue weighted by molar-refractivity contribution is -0.138. The first-order valence-electron chi connectivity index (χ1n) is 6.02. The van der Waals surface area contributed by atoms with E-state index in [2.05, 4.69) is 0 Å². The Morgan fingerprint density at radius 1 is 1.20 bits per heavy atom. The first-order chi connectivity index (χ1) is 9.58. The maximum Gasteiger partial charge on any atom is 0.325 e. The van der Waals surface area contributed by atoms with E-state index in [9.17, 15) is 9.18 Å². The molecule has 2 aromatic rings. The van der Waals surface area contributed by atoms with Crippen molar-refractivity contribution in [1.29, 1.82) is 0 Å². The summed E-state index contributed by atoms with van der Waals surface area (Å²) in [6, 6.07) is 11.7. The van der Waals surface area contributed by atoms with Gasteiger partial charge in [0.2, 0.25) is 0 Å². The molecular formula is C15H14FNO3. The third kappa shape index (κ3) is 3.33. The average molecular weight is 275 g/mol. The van der Waals surface area contributed by atoms with Crippen LogP contribution in [0.3, 0.4) is 0 Å². The summed E-state index contributed by atoms with van der Waals surface area (Å²) in [5, 5.41) is 8.79. The van der Waals surface area contributed by atoms with Crippen molar-refractivity contribution in [3.05, 3.63) is 65.5 Å². The van der Waals surface area contributed by atoms with E-state index in [0.29, 0.717) is 16.9 Å². The summed E-state index contributed by atoms with van der Waals surface area (Å²) in [6.07, 6.45) is 0. The standard InChI is InChI=1S/C15H14FNO3/c16-13-4-2-1-3-11(13)9-20-12-7-5-10(6-8-12)14(17)15(18)19/h1-8,14H,9,17H2,(H,18,19)/t14-/m0/s1. The monoisotopic (exact) mass is 275 g/mol. The number of carboxylic acid groups (broad SMARTS) is 1. The number of carbonyl (C=O) groups is 1. The fourth-order valence-electron chi connectivity index (χ4n) is 1.69. The zero-order chi connectivity index (χ0) is 14.5. The first-order valence-corrected chi connectivity index (χ1v) is 6.02. The Morgan fingerprint density at radius 2 is 1.85 bits per heavy atom. The summed E-state index contributed by atoms with van der Waals surface area (Å²) in [5.41, 5.74) is 6.42. The highest BCUT2D eigenvalue weighted by atomic mass is 19.1. The summed E-state index contributed by atoms with van der Waals surface area (Å²) in [4.78, 5) is 10.7. The van der Waals surface area contributed by atoms with Gasteiger partial charge in [-0.3, -0.25) is 4.79 Å². The van der Waals surface area contributed by atoms with Crippen LogP contribution in [0.4, 0.5) is 4.39 Å². The predicted octanol–water partition coefficient (Wildman–Crippen LogP) is 2.49. The molecule has 0 bridgehead atoms. The Hall–Kier alpha value is -2.40. The molecule has 0 saturated carbocycles. The molecule has 0 unspecified atom stereocenters. The number of benzene rings is 2. The van der Waals surface area contributed by atoms with Gasteiger partial charge >= 0.3 is 5.97 Å². The van der Waals surface area contributed by atoms with Crippen LogP contribution < -0.4 is 10.5 Å². The number of nitrogens with two attached hydrogens (primary N) is 1. The molecule has 5 heteroatoms. The lowest BCUT2D eigenvalue weighted by atomic mass is 10.1. The largest absolute Gasteiger partial charge is 0.489 e. The number of aliphatic carboxylic acids is 1. The third-order valence-corrected chi connectivity index (χ3v) is 2.86. The van der Waals surface area contributed by atoms with E-state index >= 15 is 0 Å². The van der Waals surface area contributed by atoms with Gasteiger partial charge in [0.05, 0.1) is 0 Å². The topological polar surface area (TPSA) is 72.6 Å². The maximum absolute atomic E-state index is 13.4. The summed E-state index contributed by atoms with van der Waals surface area (Å²) >= 11 is 0. The minimum absolute atomic E-state index is 0.108. The molecule has 2 aromatic carbocycles. The van der Waals surface area contributed by atoms with Crippen molar-refractivity contribution in [2.24, 2.45) is 5.73 Å². The van der Waals surface area contributed by atoms with Gasteiger partial charge in [-0.15, -0.1) is 0 Å². The number of carboxylic acids is 1. The minimum atomic E-state index is -1.09. The molecule has 0 aromatic heterocycles. The fraction of sp³-hybridized carbons (Fsp3) is 0.133. The molecule has 1 atom stereocenters. The fourth-order valence-corrected chi connectivity index (χ4v) is 1.69. The SMILES string of the molecule is N[C@H](C(=O)O)c1ccc(OCc2ccccc2F)cc1. The molecular weight excluding hydrogens is 261 g/mol. The maximum atomic E-state index is 13.4. The highest BCUT2D eigenvalue weighted by molar-refractivity contribution is 5.75. The van der Waals surface area contributed by atoms with E-state index in [1.807, 2.05) is 0 Å². The average Bonchev–Trinajstić information content (AvgIpc) is 2.46. The smallest absolute Gasteiger partial charge is 0.325 e. The number of rotatable bonds is 5. The molecule has 0 heterocycles.